The zero-order valence-corrected chi connectivity index (χ0v) is 19.5. The van der Waals surface area contributed by atoms with E-state index >= 15 is 0 Å². The monoisotopic (exact) mass is 459 g/mol. The standard InChI is InChI=1S/C23H29N3O5S/c1-5-16(3)24-22(27)17-8-6-7-9-18(17)25-23(28)21-12-13-26(32(4,29)30)19-14-15(2)10-11-20(19)31-21/h6-11,14,16,21H,5,12-13H2,1-4H3,(H,24,27)(H,25,28)/t16-,21-/m1/s1. The fourth-order valence-corrected chi connectivity index (χ4v) is 4.36. The first kappa shape index (κ1) is 23.6. The van der Waals surface area contributed by atoms with E-state index < -0.39 is 22.0 Å². The molecule has 2 aromatic rings. The molecule has 0 saturated heterocycles. The highest BCUT2D eigenvalue weighted by Gasteiger charge is 2.31. The molecule has 2 aromatic carbocycles. The summed E-state index contributed by atoms with van der Waals surface area (Å²) in [6.45, 7) is 5.84. The Hall–Kier alpha value is -3.07. The van der Waals surface area contributed by atoms with Crippen molar-refractivity contribution in [3.63, 3.8) is 0 Å². The lowest BCUT2D eigenvalue weighted by molar-refractivity contribution is -0.122. The predicted octanol–water partition coefficient (Wildman–Crippen LogP) is 3.08. The number of aryl methyl sites for hydroxylation is 1. The summed E-state index contributed by atoms with van der Waals surface area (Å²) in [5, 5.41) is 5.68. The normalized spacial score (nSPS) is 16.9. The van der Waals surface area contributed by atoms with Crippen LogP contribution in [0.1, 0.15) is 42.6 Å². The number of amides is 2. The Morgan fingerprint density at radius 3 is 2.62 bits per heavy atom. The highest BCUT2D eigenvalue weighted by molar-refractivity contribution is 7.92. The molecule has 0 bridgehead atoms. The van der Waals surface area contributed by atoms with Gasteiger partial charge >= 0.3 is 0 Å². The van der Waals surface area contributed by atoms with Gasteiger partial charge in [-0.25, -0.2) is 8.42 Å². The topological polar surface area (TPSA) is 105 Å². The number of carbonyl (C=O) groups is 2. The van der Waals surface area contributed by atoms with E-state index in [2.05, 4.69) is 10.6 Å². The van der Waals surface area contributed by atoms with Gasteiger partial charge in [0, 0.05) is 19.0 Å². The molecule has 3 rings (SSSR count). The molecular formula is C23H29N3O5S. The highest BCUT2D eigenvalue weighted by atomic mass is 32.2. The molecule has 0 spiro atoms. The molecule has 2 atom stereocenters. The van der Waals surface area contributed by atoms with Crippen molar-refractivity contribution >= 4 is 33.2 Å². The van der Waals surface area contributed by atoms with Gasteiger partial charge in [0.1, 0.15) is 5.75 Å². The van der Waals surface area contributed by atoms with Gasteiger partial charge in [-0.15, -0.1) is 0 Å². The van der Waals surface area contributed by atoms with Crippen LogP contribution in [0.5, 0.6) is 5.75 Å². The van der Waals surface area contributed by atoms with Crippen molar-refractivity contribution in [2.75, 3.05) is 22.4 Å². The maximum atomic E-state index is 13.1. The van der Waals surface area contributed by atoms with E-state index in [1.54, 1.807) is 42.5 Å². The number of carbonyl (C=O) groups excluding carboxylic acids is 2. The average Bonchev–Trinajstić information content (AvgIpc) is 2.93. The van der Waals surface area contributed by atoms with Crippen LogP contribution in [0.15, 0.2) is 42.5 Å². The second kappa shape index (κ2) is 9.60. The van der Waals surface area contributed by atoms with Gasteiger partial charge in [-0.05, 0) is 50.1 Å². The molecule has 0 radical (unpaired) electrons. The van der Waals surface area contributed by atoms with Crippen LogP contribution in [0, 0.1) is 6.92 Å². The minimum Gasteiger partial charge on any atom is -0.478 e. The third kappa shape index (κ3) is 5.40. The van der Waals surface area contributed by atoms with Crippen LogP contribution >= 0.6 is 0 Å². The molecule has 1 aliphatic rings. The van der Waals surface area contributed by atoms with Crippen LogP contribution in [0.4, 0.5) is 11.4 Å². The SMILES string of the molecule is CC[C@@H](C)NC(=O)c1ccccc1NC(=O)[C@H]1CCN(S(C)(=O)=O)c2cc(C)ccc2O1. The number of hydrogen-bond donors (Lipinski definition) is 2. The number of benzene rings is 2. The summed E-state index contributed by atoms with van der Waals surface area (Å²) < 4.78 is 31.9. The lowest BCUT2D eigenvalue weighted by atomic mass is 10.1. The van der Waals surface area contributed by atoms with Gasteiger partial charge in [0.25, 0.3) is 11.8 Å². The third-order valence-corrected chi connectivity index (χ3v) is 6.54. The fraction of sp³-hybridized carbons (Fsp3) is 0.391. The number of sulfonamides is 1. The van der Waals surface area contributed by atoms with Crippen molar-refractivity contribution in [3.05, 3.63) is 53.6 Å². The van der Waals surface area contributed by atoms with Gasteiger partial charge < -0.3 is 15.4 Å². The van der Waals surface area contributed by atoms with Crippen LogP contribution in [0.2, 0.25) is 0 Å². The number of ether oxygens (including phenoxy) is 1. The fourth-order valence-electron chi connectivity index (χ4n) is 3.43. The summed E-state index contributed by atoms with van der Waals surface area (Å²) in [6.07, 6.45) is 1.15. The number of rotatable bonds is 6. The highest BCUT2D eigenvalue weighted by Crippen LogP contribution is 2.35. The van der Waals surface area contributed by atoms with Crippen molar-refractivity contribution in [2.24, 2.45) is 0 Å². The lowest BCUT2D eigenvalue weighted by Gasteiger charge is -2.21. The van der Waals surface area contributed by atoms with Gasteiger partial charge in [-0.3, -0.25) is 13.9 Å². The van der Waals surface area contributed by atoms with E-state index in [1.807, 2.05) is 20.8 Å². The molecule has 1 heterocycles. The number of anilines is 2. The first-order valence-corrected chi connectivity index (χ1v) is 12.4. The van der Waals surface area contributed by atoms with Crippen LogP contribution in [-0.2, 0) is 14.8 Å². The summed E-state index contributed by atoms with van der Waals surface area (Å²) in [5.74, 6) is -0.404. The van der Waals surface area contributed by atoms with Crippen molar-refractivity contribution in [2.45, 2.75) is 45.8 Å². The maximum absolute atomic E-state index is 13.1. The quantitative estimate of drug-likeness (QED) is 0.691. The average molecular weight is 460 g/mol. The van der Waals surface area contributed by atoms with Crippen molar-refractivity contribution in [3.8, 4) is 5.75 Å². The third-order valence-electron chi connectivity index (χ3n) is 5.36. The molecule has 32 heavy (non-hydrogen) atoms. The van der Waals surface area contributed by atoms with Crippen molar-refractivity contribution in [1.82, 2.24) is 5.32 Å². The number of nitrogens with one attached hydrogen (secondary N) is 2. The molecule has 0 saturated carbocycles. The maximum Gasteiger partial charge on any atom is 0.265 e. The van der Waals surface area contributed by atoms with E-state index in [4.69, 9.17) is 4.74 Å². The molecular weight excluding hydrogens is 430 g/mol. The van der Waals surface area contributed by atoms with Crippen LogP contribution in [0.25, 0.3) is 0 Å². The summed E-state index contributed by atoms with van der Waals surface area (Å²) in [5.41, 5.74) is 2.01. The molecule has 0 fully saturated rings. The minimum absolute atomic E-state index is 0.00150. The van der Waals surface area contributed by atoms with E-state index in [0.717, 1.165) is 18.2 Å². The zero-order chi connectivity index (χ0) is 23.5. The largest absolute Gasteiger partial charge is 0.478 e. The van der Waals surface area contributed by atoms with Gasteiger partial charge in [0.15, 0.2) is 6.10 Å². The Kier molecular flexibility index (Phi) is 7.08. The minimum atomic E-state index is -3.55. The second-order valence-corrected chi connectivity index (χ2v) is 9.93. The van der Waals surface area contributed by atoms with Crippen molar-refractivity contribution < 1.29 is 22.7 Å². The summed E-state index contributed by atoms with van der Waals surface area (Å²) in [6, 6.07) is 11.9. The van der Waals surface area contributed by atoms with E-state index in [1.165, 1.54) is 4.31 Å². The van der Waals surface area contributed by atoms with E-state index in [-0.39, 0.29) is 24.9 Å². The molecule has 8 nitrogen and oxygen atoms in total. The first-order valence-electron chi connectivity index (χ1n) is 10.6. The molecule has 0 unspecified atom stereocenters. The lowest BCUT2D eigenvalue weighted by Crippen LogP contribution is -2.37. The smallest absolute Gasteiger partial charge is 0.265 e. The van der Waals surface area contributed by atoms with Crippen LogP contribution < -0.4 is 19.7 Å². The number of para-hydroxylation sites is 1. The van der Waals surface area contributed by atoms with Gasteiger partial charge in [0.05, 0.1) is 23.2 Å². The van der Waals surface area contributed by atoms with Crippen molar-refractivity contribution in [1.29, 1.82) is 0 Å². The molecule has 0 aliphatic carbocycles. The Morgan fingerprint density at radius 2 is 1.94 bits per heavy atom. The molecule has 2 amide bonds. The Balaban J connectivity index is 1.84. The number of nitrogens with zero attached hydrogens (tertiary/aromatic N) is 1. The van der Waals surface area contributed by atoms with Crippen LogP contribution in [0.3, 0.4) is 0 Å². The first-order chi connectivity index (χ1) is 15.1. The molecule has 172 valence electrons. The summed E-state index contributed by atoms with van der Waals surface area (Å²) in [4.78, 5) is 25.7. The van der Waals surface area contributed by atoms with Gasteiger partial charge in [-0.2, -0.15) is 0 Å². The Morgan fingerprint density at radius 1 is 1.22 bits per heavy atom. The zero-order valence-electron chi connectivity index (χ0n) is 18.7. The molecule has 9 heteroatoms. The van der Waals surface area contributed by atoms with E-state index in [9.17, 15) is 18.0 Å². The van der Waals surface area contributed by atoms with E-state index in [0.29, 0.717) is 22.7 Å². The van der Waals surface area contributed by atoms with Crippen LogP contribution in [-0.4, -0.2) is 45.2 Å². The van der Waals surface area contributed by atoms with Gasteiger partial charge in [-0.1, -0.05) is 25.1 Å². The molecule has 2 N–H and O–H groups in total. The molecule has 0 aromatic heterocycles. The predicted molar refractivity (Wildman–Crippen MR) is 125 cm³/mol. The Bertz CT molecular complexity index is 1120. The number of fused-ring (bicyclic) bond motifs is 1. The number of hydrogen-bond acceptors (Lipinski definition) is 5. The Labute approximate surface area is 189 Å². The summed E-state index contributed by atoms with van der Waals surface area (Å²) >= 11 is 0. The van der Waals surface area contributed by atoms with Gasteiger partial charge in [0.2, 0.25) is 10.0 Å². The molecule has 1 aliphatic heterocycles. The second-order valence-electron chi connectivity index (χ2n) is 8.02. The summed E-state index contributed by atoms with van der Waals surface area (Å²) in [7, 11) is -3.55.